The second kappa shape index (κ2) is 9.85. The van der Waals surface area contributed by atoms with E-state index in [4.69, 9.17) is 0 Å². The lowest BCUT2D eigenvalue weighted by Gasteiger charge is -2.20. The summed E-state index contributed by atoms with van der Waals surface area (Å²) in [7, 11) is -4.23. The number of rotatable bonds is 7. The largest absolute Gasteiger partial charge is 0.416 e. The highest BCUT2D eigenvalue weighted by atomic mass is 32.2. The predicted octanol–water partition coefficient (Wildman–Crippen LogP) is 4.78. The minimum Gasteiger partial charge on any atom is -0.325 e. The number of amides is 1. The Balaban J connectivity index is 1.66. The fraction of sp³-hybridized carbons (Fsp3) is 0.120. The average Bonchev–Trinajstić information content (AvgIpc) is 2.83. The van der Waals surface area contributed by atoms with E-state index in [0.717, 1.165) is 18.2 Å². The number of alkyl halides is 3. The summed E-state index contributed by atoms with van der Waals surface area (Å²) in [5.74, 6) is -0.801. The molecule has 2 N–H and O–H groups in total. The van der Waals surface area contributed by atoms with Crippen LogP contribution >= 0.6 is 0 Å². The van der Waals surface area contributed by atoms with Gasteiger partial charge in [0.05, 0.1) is 11.1 Å². The van der Waals surface area contributed by atoms with E-state index in [-0.39, 0.29) is 22.5 Å². The Morgan fingerprint density at radius 3 is 2.37 bits per heavy atom. The SMILES string of the molecule is O=C(Nc1cccc(C(F)(F)F)c1)[C@@H](Cc1ccccc1)NS(=O)(=O)c1cccc2cccnc12. The van der Waals surface area contributed by atoms with Crippen LogP contribution in [-0.2, 0) is 27.4 Å². The first-order valence-electron chi connectivity index (χ1n) is 10.5. The zero-order valence-electron chi connectivity index (χ0n) is 18.2. The van der Waals surface area contributed by atoms with Crippen LogP contribution in [0.5, 0.6) is 0 Å². The van der Waals surface area contributed by atoms with E-state index in [1.165, 1.54) is 18.3 Å². The molecule has 0 spiro atoms. The predicted molar refractivity (Wildman–Crippen MR) is 126 cm³/mol. The molecule has 180 valence electrons. The van der Waals surface area contributed by atoms with E-state index < -0.39 is 33.7 Å². The van der Waals surface area contributed by atoms with E-state index in [1.807, 2.05) is 0 Å². The Bertz CT molecular complexity index is 1450. The Labute approximate surface area is 199 Å². The van der Waals surface area contributed by atoms with Gasteiger partial charge in [0.1, 0.15) is 10.9 Å². The molecule has 0 saturated heterocycles. The highest BCUT2D eigenvalue weighted by Gasteiger charge is 2.31. The van der Waals surface area contributed by atoms with E-state index in [2.05, 4.69) is 15.0 Å². The van der Waals surface area contributed by atoms with Gasteiger partial charge in [-0.2, -0.15) is 17.9 Å². The first kappa shape index (κ1) is 24.4. The molecule has 0 fully saturated rings. The van der Waals surface area contributed by atoms with Crippen LogP contribution in [0.1, 0.15) is 11.1 Å². The molecular formula is C25H20F3N3O3S. The van der Waals surface area contributed by atoms with Crippen LogP contribution < -0.4 is 10.0 Å². The van der Waals surface area contributed by atoms with Gasteiger partial charge >= 0.3 is 6.18 Å². The van der Waals surface area contributed by atoms with Crippen molar-refractivity contribution in [3.05, 3.63) is 102 Å². The standard InChI is InChI=1S/C25H20F3N3O3S/c26-25(27,28)19-11-5-12-20(16-19)30-24(32)21(15-17-7-2-1-3-8-17)31-35(33,34)22-13-4-9-18-10-6-14-29-23(18)22/h1-14,16,21,31H,15H2,(H,30,32)/t21-/m1/s1. The van der Waals surface area contributed by atoms with Gasteiger partial charge < -0.3 is 5.32 Å². The molecule has 1 atom stereocenters. The zero-order valence-corrected chi connectivity index (χ0v) is 19.0. The number of fused-ring (bicyclic) bond motifs is 1. The van der Waals surface area contributed by atoms with Crippen LogP contribution in [0.3, 0.4) is 0 Å². The van der Waals surface area contributed by atoms with Gasteiger partial charge in [-0.15, -0.1) is 0 Å². The van der Waals surface area contributed by atoms with Crippen molar-refractivity contribution in [2.24, 2.45) is 0 Å². The topological polar surface area (TPSA) is 88.2 Å². The number of pyridine rings is 1. The van der Waals surface area contributed by atoms with Gasteiger partial charge in [-0.1, -0.05) is 54.6 Å². The summed E-state index contributed by atoms with van der Waals surface area (Å²) in [6, 6.07) is 19.6. The molecule has 0 bridgehead atoms. The monoisotopic (exact) mass is 499 g/mol. The number of carbonyl (C=O) groups is 1. The molecule has 1 aromatic heterocycles. The van der Waals surface area contributed by atoms with Gasteiger partial charge in [-0.25, -0.2) is 8.42 Å². The second-order valence-corrected chi connectivity index (χ2v) is 9.45. The molecule has 4 aromatic rings. The maximum Gasteiger partial charge on any atom is 0.416 e. The van der Waals surface area contributed by atoms with Gasteiger partial charge in [0, 0.05) is 17.3 Å². The molecule has 1 heterocycles. The molecule has 0 radical (unpaired) electrons. The summed E-state index contributed by atoms with van der Waals surface area (Å²) >= 11 is 0. The quantitative estimate of drug-likeness (QED) is 0.383. The molecule has 10 heteroatoms. The van der Waals surface area contributed by atoms with Crippen molar-refractivity contribution in [2.45, 2.75) is 23.5 Å². The molecule has 4 rings (SSSR count). The van der Waals surface area contributed by atoms with E-state index in [9.17, 15) is 26.4 Å². The first-order chi connectivity index (χ1) is 16.6. The molecule has 0 unspecified atom stereocenters. The highest BCUT2D eigenvalue weighted by molar-refractivity contribution is 7.89. The Morgan fingerprint density at radius 2 is 1.63 bits per heavy atom. The number of anilines is 1. The van der Waals surface area contributed by atoms with Crippen LogP contribution in [0.2, 0.25) is 0 Å². The molecule has 0 aliphatic rings. The third-order valence-corrected chi connectivity index (χ3v) is 6.74. The maximum atomic E-state index is 13.3. The van der Waals surface area contributed by atoms with Gasteiger partial charge in [0.2, 0.25) is 15.9 Å². The number of carbonyl (C=O) groups excluding carboxylic acids is 1. The van der Waals surface area contributed by atoms with Gasteiger partial charge in [0.25, 0.3) is 0 Å². The number of hydrogen-bond acceptors (Lipinski definition) is 4. The molecule has 0 aliphatic heterocycles. The molecule has 6 nitrogen and oxygen atoms in total. The van der Waals surface area contributed by atoms with Crippen LogP contribution in [-0.4, -0.2) is 25.4 Å². The number of sulfonamides is 1. The van der Waals surface area contributed by atoms with Crippen molar-refractivity contribution in [3.63, 3.8) is 0 Å². The highest BCUT2D eigenvalue weighted by Crippen LogP contribution is 2.30. The molecule has 35 heavy (non-hydrogen) atoms. The van der Waals surface area contributed by atoms with Gasteiger partial charge in [-0.05, 0) is 42.3 Å². The van der Waals surface area contributed by atoms with Crippen LogP contribution in [0.25, 0.3) is 10.9 Å². The Morgan fingerprint density at radius 1 is 0.914 bits per heavy atom. The third-order valence-electron chi connectivity index (χ3n) is 5.24. The summed E-state index contributed by atoms with van der Waals surface area (Å²) in [5.41, 5.74) is -0.138. The van der Waals surface area contributed by atoms with Crippen molar-refractivity contribution in [3.8, 4) is 0 Å². The van der Waals surface area contributed by atoms with Crippen molar-refractivity contribution in [1.82, 2.24) is 9.71 Å². The van der Waals surface area contributed by atoms with Gasteiger partial charge in [-0.3, -0.25) is 9.78 Å². The van der Waals surface area contributed by atoms with Crippen molar-refractivity contribution in [2.75, 3.05) is 5.32 Å². The molecule has 0 saturated carbocycles. The number of nitrogens with zero attached hydrogens (tertiary/aromatic N) is 1. The fourth-order valence-electron chi connectivity index (χ4n) is 3.58. The number of halogens is 3. The number of hydrogen-bond donors (Lipinski definition) is 2. The number of nitrogens with one attached hydrogen (secondary N) is 2. The average molecular weight is 500 g/mol. The minimum absolute atomic E-state index is 0.0247. The lowest BCUT2D eigenvalue weighted by molar-refractivity contribution is -0.137. The smallest absolute Gasteiger partial charge is 0.325 e. The lowest BCUT2D eigenvalue weighted by atomic mass is 10.1. The number of aromatic nitrogens is 1. The van der Waals surface area contributed by atoms with Crippen LogP contribution in [0, 0.1) is 0 Å². The molecular weight excluding hydrogens is 479 g/mol. The van der Waals surface area contributed by atoms with Gasteiger partial charge in [0.15, 0.2) is 0 Å². The fourth-order valence-corrected chi connectivity index (χ4v) is 4.96. The third kappa shape index (κ3) is 5.84. The molecule has 3 aromatic carbocycles. The number of para-hydroxylation sites is 1. The van der Waals surface area contributed by atoms with Crippen LogP contribution in [0.4, 0.5) is 18.9 Å². The number of benzene rings is 3. The Kier molecular flexibility index (Phi) is 6.86. The summed E-state index contributed by atoms with van der Waals surface area (Å²) in [4.78, 5) is 17.2. The van der Waals surface area contributed by atoms with E-state index in [1.54, 1.807) is 54.6 Å². The summed E-state index contributed by atoms with van der Waals surface area (Å²) in [6.45, 7) is 0. The minimum atomic E-state index is -4.59. The zero-order chi connectivity index (χ0) is 25.1. The molecule has 0 aliphatic carbocycles. The summed E-state index contributed by atoms with van der Waals surface area (Å²) < 4.78 is 68.3. The lowest BCUT2D eigenvalue weighted by Crippen LogP contribution is -2.45. The van der Waals surface area contributed by atoms with Crippen molar-refractivity contribution in [1.29, 1.82) is 0 Å². The summed E-state index contributed by atoms with van der Waals surface area (Å²) in [6.07, 6.45) is -3.15. The summed E-state index contributed by atoms with van der Waals surface area (Å²) in [5, 5.41) is 3.00. The van der Waals surface area contributed by atoms with Crippen LogP contribution in [0.15, 0.2) is 96.0 Å². The first-order valence-corrected chi connectivity index (χ1v) is 12.0. The maximum absolute atomic E-state index is 13.3. The van der Waals surface area contributed by atoms with E-state index >= 15 is 0 Å². The van der Waals surface area contributed by atoms with E-state index in [0.29, 0.717) is 10.9 Å². The molecule has 1 amide bonds. The second-order valence-electron chi connectivity index (χ2n) is 7.76. The van der Waals surface area contributed by atoms with Crippen molar-refractivity contribution < 1.29 is 26.4 Å². The Hall–Kier alpha value is -3.76. The normalized spacial score (nSPS) is 12.9. The van der Waals surface area contributed by atoms with Crippen molar-refractivity contribution >= 4 is 32.5 Å².